The molecule has 4 aromatic rings. The van der Waals surface area contributed by atoms with Crippen molar-refractivity contribution in [1.82, 2.24) is 15.2 Å². The number of nitrogen functional groups attached to an aromatic ring is 1. The number of benzene rings is 2. The summed E-state index contributed by atoms with van der Waals surface area (Å²) in [7, 11) is 1.56. The van der Waals surface area contributed by atoms with Crippen molar-refractivity contribution in [3.8, 4) is 28.3 Å². The Morgan fingerprint density at radius 1 is 1.19 bits per heavy atom. The molecule has 0 spiro atoms. The molecule has 2 aromatic heterocycles. The second kappa shape index (κ2) is 6.73. The summed E-state index contributed by atoms with van der Waals surface area (Å²) in [4.78, 5) is 4.27. The van der Waals surface area contributed by atoms with Crippen LogP contribution in [0.3, 0.4) is 0 Å². The van der Waals surface area contributed by atoms with Crippen LogP contribution in [0, 0.1) is 0 Å². The summed E-state index contributed by atoms with van der Waals surface area (Å²) in [6.07, 6.45) is 4.63. The van der Waals surface area contributed by atoms with E-state index in [1.165, 1.54) is 12.5 Å². The monoisotopic (exact) mass is 360 g/mol. The van der Waals surface area contributed by atoms with E-state index in [4.69, 9.17) is 14.9 Å². The van der Waals surface area contributed by atoms with Gasteiger partial charge >= 0.3 is 6.92 Å². The number of hydrogen-bond donors (Lipinski definition) is 2. The molecule has 27 heavy (non-hydrogen) atoms. The molecular weight excluding hydrogens is 343 g/mol. The van der Waals surface area contributed by atoms with E-state index in [0.717, 1.165) is 22.1 Å². The molecule has 0 aliphatic rings. The van der Waals surface area contributed by atoms with Crippen LogP contribution < -0.4 is 15.9 Å². The second-order valence-electron chi connectivity index (χ2n) is 6.18. The lowest BCUT2D eigenvalue weighted by molar-refractivity contribution is 0.417. The maximum atomic E-state index is 10.2. The Labute approximate surface area is 155 Å². The molecule has 2 heterocycles. The zero-order valence-corrected chi connectivity index (χ0v) is 14.9. The number of anilines is 1. The van der Waals surface area contributed by atoms with Gasteiger partial charge in [0.2, 0.25) is 5.89 Å². The van der Waals surface area contributed by atoms with Crippen LogP contribution in [0.4, 0.5) is 5.69 Å². The highest BCUT2D eigenvalue weighted by Gasteiger charge is 2.20. The molecule has 0 atom stereocenters. The van der Waals surface area contributed by atoms with Crippen LogP contribution in [-0.4, -0.2) is 34.2 Å². The Morgan fingerprint density at radius 2 is 2.04 bits per heavy atom. The smallest absolute Gasteiger partial charge is 0.324 e. The Bertz CT molecular complexity index is 1110. The van der Waals surface area contributed by atoms with E-state index in [2.05, 4.69) is 15.2 Å². The van der Waals surface area contributed by atoms with Gasteiger partial charge in [0.25, 0.3) is 0 Å². The maximum absolute atomic E-state index is 10.2. The first-order chi connectivity index (χ1) is 13.1. The third-order valence-electron chi connectivity index (χ3n) is 4.46. The van der Waals surface area contributed by atoms with Gasteiger partial charge in [-0.2, -0.15) is 10.2 Å². The van der Waals surface area contributed by atoms with Gasteiger partial charge in [-0.1, -0.05) is 19.0 Å². The van der Waals surface area contributed by atoms with Gasteiger partial charge in [-0.05, 0) is 34.8 Å². The minimum Gasteiger partial charge on any atom is -0.497 e. The van der Waals surface area contributed by atoms with Gasteiger partial charge in [-0.15, -0.1) is 0 Å². The van der Waals surface area contributed by atoms with Crippen LogP contribution in [0.1, 0.15) is 0 Å². The number of nitrogens with zero attached hydrogens (tertiary/aromatic N) is 3. The van der Waals surface area contributed by atoms with E-state index in [0.29, 0.717) is 28.3 Å². The SMILES string of the molecule is COc1cc(-c2ncco2)c(-c2ccc3c(N)cnnc3c2)cc1B(C)O. The normalized spacial score (nSPS) is 10.9. The standard InChI is InChI=1S/C19H17BN4O3/c1-20(25)15-8-13(14(9-18(15)26-2)19-22-5-6-27-19)11-3-4-12-16(21)10-23-24-17(12)7-11/h3-10,25H,1-2H3,(H2,21,24). The van der Waals surface area contributed by atoms with Crippen LogP contribution in [-0.2, 0) is 0 Å². The van der Waals surface area contributed by atoms with E-state index < -0.39 is 6.92 Å². The minimum absolute atomic E-state index is 0.458. The van der Waals surface area contributed by atoms with Gasteiger partial charge in [-0.3, -0.25) is 0 Å². The minimum atomic E-state index is -0.701. The third-order valence-corrected chi connectivity index (χ3v) is 4.46. The van der Waals surface area contributed by atoms with Crippen molar-refractivity contribution in [2.45, 2.75) is 6.82 Å². The highest BCUT2D eigenvalue weighted by Crippen LogP contribution is 2.35. The van der Waals surface area contributed by atoms with Crippen LogP contribution in [0.5, 0.6) is 5.75 Å². The van der Waals surface area contributed by atoms with Crippen LogP contribution in [0.2, 0.25) is 6.82 Å². The average Bonchev–Trinajstić information content (AvgIpc) is 3.21. The van der Waals surface area contributed by atoms with Crippen molar-refractivity contribution in [3.63, 3.8) is 0 Å². The topological polar surface area (TPSA) is 107 Å². The summed E-state index contributed by atoms with van der Waals surface area (Å²) in [6, 6.07) is 9.45. The molecule has 0 aliphatic carbocycles. The summed E-state index contributed by atoms with van der Waals surface area (Å²) in [5.74, 6) is 1.02. The number of oxazole rings is 1. The molecule has 0 unspecified atom stereocenters. The van der Waals surface area contributed by atoms with E-state index >= 15 is 0 Å². The summed E-state index contributed by atoms with van der Waals surface area (Å²) in [6.45, 7) is 0.993. The van der Waals surface area contributed by atoms with Crippen LogP contribution in [0.25, 0.3) is 33.5 Å². The largest absolute Gasteiger partial charge is 0.497 e. The molecule has 4 rings (SSSR count). The van der Waals surface area contributed by atoms with Gasteiger partial charge < -0.3 is 19.9 Å². The highest BCUT2D eigenvalue weighted by atomic mass is 16.5. The van der Waals surface area contributed by atoms with Crippen molar-refractivity contribution < 1.29 is 14.2 Å². The molecular formula is C19H17BN4O3. The zero-order chi connectivity index (χ0) is 19.0. The lowest BCUT2D eigenvalue weighted by Crippen LogP contribution is -2.28. The van der Waals surface area contributed by atoms with Gasteiger partial charge in [0.1, 0.15) is 12.0 Å². The van der Waals surface area contributed by atoms with E-state index in [1.807, 2.05) is 30.3 Å². The molecule has 0 bridgehead atoms. The zero-order valence-electron chi connectivity index (χ0n) is 14.9. The Kier molecular flexibility index (Phi) is 4.25. The predicted molar refractivity (Wildman–Crippen MR) is 105 cm³/mol. The lowest BCUT2D eigenvalue weighted by Gasteiger charge is -2.15. The van der Waals surface area contributed by atoms with Crippen molar-refractivity contribution in [1.29, 1.82) is 0 Å². The maximum Gasteiger partial charge on any atom is 0.324 e. The predicted octanol–water partition coefficient (Wildman–Crippen LogP) is 2.36. The Hall–Kier alpha value is -3.39. The first-order valence-corrected chi connectivity index (χ1v) is 8.39. The summed E-state index contributed by atoms with van der Waals surface area (Å²) in [5.41, 5.74) is 10.4. The molecule has 0 radical (unpaired) electrons. The number of ether oxygens (including phenoxy) is 1. The van der Waals surface area contributed by atoms with Crippen molar-refractivity contribution in [3.05, 3.63) is 49.0 Å². The van der Waals surface area contributed by atoms with Gasteiger partial charge in [0.15, 0.2) is 0 Å². The van der Waals surface area contributed by atoms with E-state index in [1.54, 1.807) is 20.1 Å². The first-order valence-electron chi connectivity index (χ1n) is 8.39. The van der Waals surface area contributed by atoms with Crippen LogP contribution in [0.15, 0.2) is 53.4 Å². The van der Waals surface area contributed by atoms with Crippen molar-refractivity contribution >= 4 is 29.0 Å². The number of hydrogen-bond acceptors (Lipinski definition) is 7. The molecule has 3 N–H and O–H groups in total. The number of rotatable bonds is 4. The summed E-state index contributed by atoms with van der Waals surface area (Å²) >= 11 is 0. The second-order valence-corrected chi connectivity index (χ2v) is 6.18. The number of aromatic nitrogens is 3. The Balaban J connectivity index is 1.99. The molecule has 0 saturated carbocycles. The van der Waals surface area contributed by atoms with E-state index in [9.17, 15) is 5.02 Å². The van der Waals surface area contributed by atoms with Crippen LogP contribution >= 0.6 is 0 Å². The summed E-state index contributed by atoms with van der Waals surface area (Å²) < 4.78 is 11.0. The van der Waals surface area contributed by atoms with Crippen molar-refractivity contribution in [2.24, 2.45) is 0 Å². The third kappa shape index (κ3) is 3.00. The Morgan fingerprint density at radius 3 is 2.74 bits per heavy atom. The average molecular weight is 360 g/mol. The molecule has 8 heteroatoms. The molecule has 7 nitrogen and oxygen atoms in total. The number of methoxy groups -OCH3 is 1. The van der Waals surface area contributed by atoms with Gasteiger partial charge in [-0.25, -0.2) is 4.98 Å². The molecule has 0 saturated heterocycles. The molecule has 0 aliphatic heterocycles. The van der Waals surface area contributed by atoms with Gasteiger partial charge in [0.05, 0.1) is 30.7 Å². The molecule has 134 valence electrons. The number of fused-ring (bicyclic) bond motifs is 1. The van der Waals surface area contributed by atoms with Crippen molar-refractivity contribution in [2.75, 3.05) is 12.8 Å². The lowest BCUT2D eigenvalue weighted by atomic mass is 9.63. The molecule has 0 amide bonds. The fraction of sp³-hybridized carbons (Fsp3) is 0.105. The molecule has 2 aromatic carbocycles. The fourth-order valence-corrected chi connectivity index (χ4v) is 3.12. The highest BCUT2D eigenvalue weighted by molar-refractivity contribution is 6.66. The fourth-order valence-electron chi connectivity index (χ4n) is 3.12. The molecule has 0 fully saturated rings. The van der Waals surface area contributed by atoms with E-state index in [-0.39, 0.29) is 0 Å². The number of nitrogens with two attached hydrogens (primary N) is 1. The quantitative estimate of drug-likeness (QED) is 0.538. The first kappa shape index (κ1) is 17.1. The summed E-state index contributed by atoms with van der Waals surface area (Å²) in [5, 5.41) is 19.1. The van der Waals surface area contributed by atoms with Gasteiger partial charge in [0, 0.05) is 10.9 Å².